The van der Waals surface area contributed by atoms with Crippen molar-refractivity contribution < 1.29 is 0 Å². The second-order valence-electron chi connectivity index (χ2n) is 2.80. The first-order valence-electron chi connectivity index (χ1n) is 3.63. The number of rotatable bonds is 1. The van der Waals surface area contributed by atoms with Crippen LogP contribution < -0.4 is 10.2 Å². The van der Waals surface area contributed by atoms with Crippen molar-refractivity contribution in [3.63, 3.8) is 0 Å². The van der Waals surface area contributed by atoms with Gasteiger partial charge in [0.1, 0.15) is 0 Å². The normalized spacial score (nSPS) is 14.4. The molecule has 1 aliphatic rings. The first-order valence-corrected chi connectivity index (χ1v) is 3.63. The van der Waals surface area contributed by atoms with Crippen LogP contribution in [0.4, 0.5) is 11.9 Å². The zero-order chi connectivity index (χ0) is 7.84. The number of aromatic nitrogens is 3. The van der Waals surface area contributed by atoms with Gasteiger partial charge in [-0.15, -0.1) is 10.2 Å². The van der Waals surface area contributed by atoms with Crippen LogP contribution in [0, 0.1) is 0 Å². The van der Waals surface area contributed by atoms with Gasteiger partial charge in [0.15, 0.2) is 0 Å². The molecular formula is C6H11N5. The summed E-state index contributed by atoms with van der Waals surface area (Å²) in [6.07, 6.45) is 0. The summed E-state index contributed by atoms with van der Waals surface area (Å²) in [5, 5.41) is 11.1. The highest BCUT2D eigenvalue weighted by molar-refractivity contribution is 5.40. The van der Waals surface area contributed by atoms with E-state index in [1.807, 2.05) is 19.0 Å². The Balaban J connectivity index is 2.42. The molecule has 5 heteroatoms. The van der Waals surface area contributed by atoms with E-state index in [1.54, 1.807) is 0 Å². The third-order valence-corrected chi connectivity index (χ3v) is 1.75. The maximum Gasteiger partial charge on any atom is 0.228 e. The first kappa shape index (κ1) is 6.45. The van der Waals surface area contributed by atoms with Crippen LogP contribution in [0.3, 0.4) is 0 Å². The number of hydrogen-bond acceptors (Lipinski definition) is 4. The van der Waals surface area contributed by atoms with Gasteiger partial charge in [-0.25, -0.2) is 0 Å². The van der Waals surface area contributed by atoms with Crippen molar-refractivity contribution in [2.45, 2.75) is 6.54 Å². The smallest absolute Gasteiger partial charge is 0.228 e. The zero-order valence-corrected chi connectivity index (χ0v) is 6.70. The minimum absolute atomic E-state index is 0.883. The summed E-state index contributed by atoms with van der Waals surface area (Å²) in [5.74, 6) is 1.80. The van der Waals surface area contributed by atoms with Crippen LogP contribution in [-0.4, -0.2) is 35.4 Å². The van der Waals surface area contributed by atoms with E-state index >= 15 is 0 Å². The van der Waals surface area contributed by atoms with Crippen LogP contribution >= 0.6 is 0 Å². The van der Waals surface area contributed by atoms with Crippen LogP contribution in [0.2, 0.25) is 0 Å². The third-order valence-electron chi connectivity index (χ3n) is 1.75. The van der Waals surface area contributed by atoms with Gasteiger partial charge in [-0.3, -0.25) is 4.57 Å². The fourth-order valence-electron chi connectivity index (χ4n) is 1.24. The maximum atomic E-state index is 4.01. The minimum Gasteiger partial charge on any atom is -0.352 e. The van der Waals surface area contributed by atoms with Crippen LogP contribution in [0.1, 0.15) is 0 Å². The lowest BCUT2D eigenvalue weighted by Crippen LogP contribution is -2.14. The molecule has 2 heterocycles. The lowest BCUT2D eigenvalue weighted by atomic mass is 10.6. The highest BCUT2D eigenvalue weighted by atomic mass is 15.5. The Morgan fingerprint density at radius 1 is 1.45 bits per heavy atom. The molecule has 5 nitrogen and oxygen atoms in total. The van der Waals surface area contributed by atoms with E-state index in [0.29, 0.717) is 0 Å². The molecule has 0 unspecified atom stereocenters. The Kier molecular flexibility index (Phi) is 1.24. The predicted octanol–water partition coefficient (Wildman–Crippen LogP) is -0.230. The Hall–Kier alpha value is -1.26. The van der Waals surface area contributed by atoms with Crippen molar-refractivity contribution in [2.75, 3.05) is 30.9 Å². The summed E-state index contributed by atoms with van der Waals surface area (Å²) in [6, 6.07) is 0. The summed E-state index contributed by atoms with van der Waals surface area (Å²) in [4.78, 5) is 1.96. The molecule has 60 valence electrons. The number of nitrogens with one attached hydrogen (secondary N) is 1. The fourth-order valence-corrected chi connectivity index (χ4v) is 1.24. The summed E-state index contributed by atoms with van der Waals surface area (Å²) in [6.45, 7) is 1.93. The predicted molar refractivity (Wildman–Crippen MR) is 42.8 cm³/mol. The molecule has 0 aromatic carbocycles. The molecular weight excluding hydrogens is 142 g/mol. The Morgan fingerprint density at radius 3 is 3.00 bits per heavy atom. The van der Waals surface area contributed by atoms with Crippen LogP contribution in [0.15, 0.2) is 0 Å². The highest BCUT2D eigenvalue weighted by Crippen LogP contribution is 2.17. The molecule has 1 aromatic rings. The van der Waals surface area contributed by atoms with Crippen molar-refractivity contribution in [3.8, 4) is 0 Å². The van der Waals surface area contributed by atoms with E-state index in [9.17, 15) is 0 Å². The lowest BCUT2D eigenvalue weighted by molar-refractivity contribution is 0.780. The van der Waals surface area contributed by atoms with Crippen molar-refractivity contribution >= 4 is 11.9 Å². The molecule has 2 rings (SSSR count). The largest absolute Gasteiger partial charge is 0.352 e. The number of hydrogen-bond donors (Lipinski definition) is 1. The lowest BCUT2D eigenvalue weighted by Gasteiger charge is -2.09. The van der Waals surface area contributed by atoms with Crippen LogP contribution in [0.5, 0.6) is 0 Å². The second-order valence-corrected chi connectivity index (χ2v) is 2.80. The molecule has 1 aromatic heterocycles. The Labute approximate surface area is 65.0 Å². The van der Waals surface area contributed by atoms with Gasteiger partial charge >= 0.3 is 0 Å². The molecule has 0 radical (unpaired) electrons. The van der Waals surface area contributed by atoms with E-state index < -0.39 is 0 Å². The van der Waals surface area contributed by atoms with E-state index in [1.165, 1.54) is 0 Å². The van der Waals surface area contributed by atoms with Gasteiger partial charge in [0.25, 0.3) is 0 Å². The average molecular weight is 153 g/mol. The molecule has 0 aliphatic carbocycles. The highest BCUT2D eigenvalue weighted by Gasteiger charge is 2.16. The minimum atomic E-state index is 0.883. The monoisotopic (exact) mass is 153 g/mol. The second kappa shape index (κ2) is 2.11. The molecule has 0 amide bonds. The zero-order valence-electron chi connectivity index (χ0n) is 6.70. The first-order chi connectivity index (χ1) is 5.29. The summed E-state index contributed by atoms with van der Waals surface area (Å²) in [5.41, 5.74) is 0. The molecule has 0 fully saturated rings. The van der Waals surface area contributed by atoms with E-state index in [4.69, 9.17) is 0 Å². The molecule has 11 heavy (non-hydrogen) atoms. The number of anilines is 2. The molecule has 1 N–H and O–H groups in total. The van der Waals surface area contributed by atoms with E-state index in [0.717, 1.165) is 25.0 Å². The molecule has 0 spiro atoms. The van der Waals surface area contributed by atoms with Gasteiger partial charge < -0.3 is 10.2 Å². The molecule has 1 aliphatic heterocycles. The van der Waals surface area contributed by atoms with Gasteiger partial charge in [0.05, 0.1) is 0 Å². The van der Waals surface area contributed by atoms with Crippen molar-refractivity contribution in [1.82, 2.24) is 14.8 Å². The van der Waals surface area contributed by atoms with Crippen molar-refractivity contribution in [2.24, 2.45) is 0 Å². The fraction of sp³-hybridized carbons (Fsp3) is 0.667. The molecule has 0 bridgehead atoms. The quantitative estimate of drug-likeness (QED) is 0.605. The SMILES string of the molecule is CN(C)c1nnc2n1CCN2. The van der Waals surface area contributed by atoms with Gasteiger partial charge in [0, 0.05) is 27.2 Å². The van der Waals surface area contributed by atoms with Gasteiger partial charge in [0.2, 0.25) is 11.9 Å². The summed E-state index contributed by atoms with van der Waals surface area (Å²) >= 11 is 0. The van der Waals surface area contributed by atoms with Crippen LogP contribution in [0.25, 0.3) is 0 Å². The van der Waals surface area contributed by atoms with Crippen molar-refractivity contribution in [1.29, 1.82) is 0 Å². The topological polar surface area (TPSA) is 46.0 Å². The Morgan fingerprint density at radius 2 is 2.27 bits per heavy atom. The molecule has 0 atom stereocenters. The van der Waals surface area contributed by atoms with Gasteiger partial charge in [-0.1, -0.05) is 0 Å². The molecule has 0 saturated carbocycles. The van der Waals surface area contributed by atoms with Gasteiger partial charge in [-0.2, -0.15) is 0 Å². The van der Waals surface area contributed by atoms with E-state index in [-0.39, 0.29) is 0 Å². The standard InChI is InChI=1S/C6H11N5/c1-10(2)6-9-8-5-7-3-4-11(5)6/h3-4H2,1-2H3,(H,7,8). The summed E-state index contributed by atoms with van der Waals surface area (Å²) < 4.78 is 2.07. The van der Waals surface area contributed by atoms with E-state index in [2.05, 4.69) is 20.1 Å². The summed E-state index contributed by atoms with van der Waals surface area (Å²) in [7, 11) is 3.94. The third kappa shape index (κ3) is 0.840. The Bertz CT molecular complexity index is 264. The number of fused-ring (bicyclic) bond motifs is 1. The number of nitrogens with zero attached hydrogens (tertiary/aromatic N) is 4. The van der Waals surface area contributed by atoms with Crippen molar-refractivity contribution in [3.05, 3.63) is 0 Å². The average Bonchev–Trinajstić information content (AvgIpc) is 2.41. The van der Waals surface area contributed by atoms with Gasteiger partial charge in [-0.05, 0) is 0 Å². The van der Waals surface area contributed by atoms with Crippen LogP contribution in [-0.2, 0) is 6.54 Å². The molecule has 0 saturated heterocycles. The maximum absolute atomic E-state index is 4.01.